The Morgan fingerprint density at radius 2 is 1.83 bits per heavy atom. The molecule has 5 rings (SSSR count). The van der Waals surface area contributed by atoms with Gasteiger partial charge in [-0.2, -0.15) is 0 Å². The lowest BCUT2D eigenvalue weighted by Gasteiger charge is -2.56. The molecule has 6 atom stereocenters. The fourth-order valence-electron chi connectivity index (χ4n) is 7.41. The summed E-state index contributed by atoms with van der Waals surface area (Å²) < 4.78 is 6.06. The van der Waals surface area contributed by atoms with Gasteiger partial charge < -0.3 is 9.53 Å². The van der Waals surface area contributed by atoms with Gasteiger partial charge in [-0.15, -0.1) is 0 Å². The molecule has 0 spiro atoms. The molecule has 0 bridgehead atoms. The summed E-state index contributed by atoms with van der Waals surface area (Å²) in [6.45, 7) is 2.30. The van der Waals surface area contributed by atoms with E-state index < -0.39 is 5.41 Å². The highest BCUT2D eigenvalue weighted by Gasteiger charge is 2.61. The summed E-state index contributed by atoms with van der Waals surface area (Å²) in [6.07, 6.45) is 9.86. The van der Waals surface area contributed by atoms with Crippen LogP contribution in [0.5, 0.6) is 0 Å². The van der Waals surface area contributed by atoms with E-state index in [4.69, 9.17) is 4.74 Å². The number of aldehydes is 1. The molecule has 4 aliphatic carbocycles. The first-order valence-corrected chi connectivity index (χ1v) is 11.4. The van der Waals surface area contributed by atoms with Gasteiger partial charge in [0.05, 0.1) is 11.0 Å². The molecule has 0 amide bonds. The molecule has 0 aromatic heterocycles. The van der Waals surface area contributed by atoms with Crippen molar-refractivity contribution in [2.24, 2.45) is 28.6 Å². The molecule has 4 heteroatoms. The Labute approximate surface area is 178 Å². The molecular weight excluding hydrogens is 376 g/mol. The van der Waals surface area contributed by atoms with Gasteiger partial charge in [0, 0.05) is 11.8 Å². The van der Waals surface area contributed by atoms with E-state index in [0.717, 1.165) is 44.1 Å². The molecule has 0 saturated heterocycles. The molecule has 0 radical (unpaired) electrons. The summed E-state index contributed by atoms with van der Waals surface area (Å²) in [5, 5.41) is 0. The Bertz CT molecular complexity index is 903. The summed E-state index contributed by atoms with van der Waals surface area (Å²) in [5.74, 6) is 1.22. The molecule has 4 aliphatic rings. The summed E-state index contributed by atoms with van der Waals surface area (Å²) in [6, 6.07) is 9.24. The van der Waals surface area contributed by atoms with E-state index in [1.807, 2.05) is 18.2 Å². The number of esters is 1. The largest absolute Gasteiger partial charge is 0.458 e. The normalized spacial score (nSPS) is 39.9. The number of ether oxygens (including phenoxy) is 1. The zero-order valence-electron chi connectivity index (χ0n) is 17.6. The van der Waals surface area contributed by atoms with Gasteiger partial charge in [-0.1, -0.05) is 30.7 Å². The van der Waals surface area contributed by atoms with E-state index in [2.05, 4.69) is 6.92 Å². The molecule has 6 unspecified atom stereocenters. The Morgan fingerprint density at radius 1 is 1.03 bits per heavy atom. The number of carbonyl (C=O) groups excluding carboxylic acids is 3. The van der Waals surface area contributed by atoms with Crippen molar-refractivity contribution in [3.8, 4) is 0 Å². The van der Waals surface area contributed by atoms with Crippen LogP contribution in [0, 0.1) is 28.6 Å². The summed E-state index contributed by atoms with van der Waals surface area (Å²) in [7, 11) is 0. The molecule has 3 saturated carbocycles. The van der Waals surface area contributed by atoms with Gasteiger partial charge >= 0.3 is 5.97 Å². The molecule has 1 aromatic rings. The number of hydrogen-bond acceptors (Lipinski definition) is 4. The molecule has 3 fully saturated rings. The van der Waals surface area contributed by atoms with Crippen molar-refractivity contribution in [1.29, 1.82) is 0 Å². The van der Waals surface area contributed by atoms with Crippen molar-refractivity contribution in [2.75, 3.05) is 0 Å². The van der Waals surface area contributed by atoms with E-state index in [9.17, 15) is 14.4 Å². The molecule has 158 valence electrons. The lowest BCUT2D eigenvalue weighted by atomic mass is 9.47. The molecule has 0 heterocycles. The topological polar surface area (TPSA) is 60.4 Å². The van der Waals surface area contributed by atoms with Gasteiger partial charge in [-0.05, 0) is 80.9 Å². The number of rotatable bonds is 3. The SMILES string of the molecule is CC12CCC3C(CCC4=CC(=O)CCC43C=O)C1CCC2OC(=O)c1ccccc1. The number of hydrogen-bond donors (Lipinski definition) is 0. The van der Waals surface area contributed by atoms with Gasteiger partial charge in [0.1, 0.15) is 12.4 Å². The van der Waals surface area contributed by atoms with E-state index in [-0.39, 0.29) is 23.3 Å². The zero-order chi connectivity index (χ0) is 20.9. The van der Waals surface area contributed by atoms with Crippen LogP contribution in [0.1, 0.15) is 68.6 Å². The number of fused-ring (bicyclic) bond motifs is 5. The van der Waals surface area contributed by atoms with Crippen molar-refractivity contribution >= 4 is 18.0 Å². The van der Waals surface area contributed by atoms with Crippen LogP contribution >= 0.6 is 0 Å². The fraction of sp³-hybridized carbons (Fsp3) is 0.577. The first kappa shape index (κ1) is 19.7. The van der Waals surface area contributed by atoms with Crippen molar-refractivity contribution in [1.82, 2.24) is 0 Å². The van der Waals surface area contributed by atoms with E-state index in [0.29, 0.717) is 36.2 Å². The minimum Gasteiger partial charge on any atom is -0.458 e. The molecule has 1 aromatic carbocycles. The van der Waals surface area contributed by atoms with Crippen molar-refractivity contribution in [2.45, 2.75) is 64.4 Å². The quantitative estimate of drug-likeness (QED) is 0.528. The average molecular weight is 407 g/mol. The lowest BCUT2D eigenvalue weighted by molar-refractivity contribution is -0.130. The third-order valence-electron chi connectivity index (χ3n) is 8.95. The Balaban J connectivity index is 1.39. The maximum absolute atomic E-state index is 12.7. The Hall–Kier alpha value is -2.23. The monoisotopic (exact) mass is 406 g/mol. The minimum atomic E-state index is -0.434. The standard InChI is InChI=1S/C26H30O4/c1-25-13-12-22-20(8-7-18-15-19(28)11-14-26(18,22)16-27)21(25)9-10-23(25)30-24(29)17-5-3-2-4-6-17/h2-6,15-16,20-23H,7-14H2,1H3. The molecule has 0 N–H and O–H groups in total. The number of benzene rings is 1. The van der Waals surface area contributed by atoms with Gasteiger partial charge in [0.15, 0.2) is 5.78 Å². The summed E-state index contributed by atoms with van der Waals surface area (Å²) in [4.78, 5) is 37.1. The van der Waals surface area contributed by atoms with Crippen LogP contribution < -0.4 is 0 Å². The molecule has 0 aliphatic heterocycles. The van der Waals surface area contributed by atoms with Crippen molar-refractivity contribution in [3.05, 3.63) is 47.5 Å². The molecule has 4 nitrogen and oxygen atoms in total. The third kappa shape index (κ3) is 2.83. The van der Waals surface area contributed by atoms with Crippen LogP contribution in [-0.2, 0) is 14.3 Å². The average Bonchev–Trinajstić information content (AvgIpc) is 3.10. The van der Waals surface area contributed by atoms with E-state index in [1.165, 1.54) is 6.29 Å². The van der Waals surface area contributed by atoms with E-state index in [1.54, 1.807) is 18.2 Å². The van der Waals surface area contributed by atoms with Crippen molar-refractivity contribution < 1.29 is 19.1 Å². The predicted octanol–water partition coefficient (Wildman–Crippen LogP) is 4.92. The Morgan fingerprint density at radius 3 is 2.60 bits per heavy atom. The molecule has 30 heavy (non-hydrogen) atoms. The van der Waals surface area contributed by atoms with Gasteiger partial charge in [-0.25, -0.2) is 4.79 Å². The lowest BCUT2D eigenvalue weighted by Crippen LogP contribution is -2.53. The van der Waals surface area contributed by atoms with Gasteiger partial charge in [-0.3, -0.25) is 4.79 Å². The second kappa shape index (κ2) is 7.18. The summed E-state index contributed by atoms with van der Waals surface area (Å²) >= 11 is 0. The van der Waals surface area contributed by atoms with Gasteiger partial charge in [0.2, 0.25) is 0 Å². The van der Waals surface area contributed by atoms with Crippen LogP contribution in [0.4, 0.5) is 0 Å². The first-order valence-electron chi connectivity index (χ1n) is 11.4. The van der Waals surface area contributed by atoms with Crippen molar-refractivity contribution in [3.63, 3.8) is 0 Å². The van der Waals surface area contributed by atoms with Crippen LogP contribution in [-0.4, -0.2) is 24.1 Å². The van der Waals surface area contributed by atoms with Gasteiger partial charge in [0.25, 0.3) is 0 Å². The van der Waals surface area contributed by atoms with Crippen LogP contribution in [0.2, 0.25) is 0 Å². The second-order valence-electron chi connectivity index (χ2n) is 10.1. The fourth-order valence-corrected chi connectivity index (χ4v) is 7.41. The zero-order valence-corrected chi connectivity index (χ0v) is 17.6. The highest BCUT2D eigenvalue weighted by Crippen LogP contribution is 2.65. The highest BCUT2D eigenvalue weighted by atomic mass is 16.5. The third-order valence-corrected chi connectivity index (χ3v) is 8.95. The number of carbonyl (C=O) groups is 3. The predicted molar refractivity (Wildman–Crippen MR) is 113 cm³/mol. The smallest absolute Gasteiger partial charge is 0.338 e. The van der Waals surface area contributed by atoms with Crippen LogP contribution in [0.25, 0.3) is 0 Å². The first-order chi connectivity index (χ1) is 14.5. The van der Waals surface area contributed by atoms with Crippen LogP contribution in [0.3, 0.4) is 0 Å². The second-order valence-corrected chi connectivity index (χ2v) is 10.1. The maximum atomic E-state index is 12.7. The maximum Gasteiger partial charge on any atom is 0.338 e. The van der Waals surface area contributed by atoms with E-state index >= 15 is 0 Å². The highest BCUT2D eigenvalue weighted by molar-refractivity contribution is 5.93. The minimum absolute atomic E-state index is 0.0264. The molecular formula is C26H30O4. The number of ketones is 1. The number of allylic oxidation sites excluding steroid dienone is 1. The van der Waals surface area contributed by atoms with Crippen LogP contribution in [0.15, 0.2) is 42.0 Å². The summed E-state index contributed by atoms with van der Waals surface area (Å²) in [5.41, 5.74) is 1.24. The Kier molecular flexibility index (Phi) is 4.72.